The van der Waals surface area contributed by atoms with Gasteiger partial charge < -0.3 is 9.47 Å². The predicted octanol–water partition coefficient (Wildman–Crippen LogP) is 2.71. The van der Waals surface area contributed by atoms with Crippen LogP contribution < -0.4 is 0 Å². The summed E-state index contributed by atoms with van der Waals surface area (Å²) in [6, 6.07) is 0. The van der Waals surface area contributed by atoms with Crippen molar-refractivity contribution in [1.29, 1.82) is 0 Å². The largest absolute Gasteiger partial charge is 0.460 e. The first-order chi connectivity index (χ1) is 9.68. The molecule has 0 radical (unpaired) electrons. The van der Waals surface area contributed by atoms with E-state index in [1.807, 2.05) is 20.8 Å². The minimum absolute atomic E-state index is 0.0506. The number of carbonyl (C=O) groups is 1. The van der Waals surface area contributed by atoms with Crippen LogP contribution in [0.4, 0.5) is 0 Å². The minimum Gasteiger partial charge on any atom is -0.460 e. The lowest BCUT2D eigenvalue weighted by Gasteiger charge is -2.54. The Balaban J connectivity index is 1.79. The van der Waals surface area contributed by atoms with E-state index in [0.717, 1.165) is 39.3 Å². The number of morpholine rings is 1. The fourth-order valence-electron chi connectivity index (χ4n) is 3.46. The van der Waals surface area contributed by atoms with Gasteiger partial charge in [0.1, 0.15) is 5.60 Å². The Kier molecular flexibility index (Phi) is 4.99. The molecule has 0 aromatic heterocycles. The maximum absolute atomic E-state index is 12.0. The van der Waals surface area contributed by atoms with E-state index >= 15 is 0 Å². The molecule has 0 amide bonds. The molecule has 21 heavy (non-hydrogen) atoms. The molecule has 1 saturated carbocycles. The lowest BCUT2D eigenvalue weighted by atomic mass is 9.53. The summed E-state index contributed by atoms with van der Waals surface area (Å²) in [5.74, 6) is 1.09. The first-order valence-electron chi connectivity index (χ1n) is 8.20. The second-order valence-corrected chi connectivity index (χ2v) is 8.15. The Labute approximate surface area is 129 Å². The molecule has 1 aliphatic carbocycles. The molecular weight excluding hydrogens is 266 g/mol. The van der Waals surface area contributed by atoms with Crippen molar-refractivity contribution in [2.75, 3.05) is 32.8 Å². The van der Waals surface area contributed by atoms with E-state index < -0.39 is 0 Å². The van der Waals surface area contributed by atoms with Crippen LogP contribution in [0, 0.1) is 17.3 Å². The first kappa shape index (κ1) is 16.8. The summed E-state index contributed by atoms with van der Waals surface area (Å²) in [7, 11) is 0. The second kappa shape index (κ2) is 6.25. The van der Waals surface area contributed by atoms with Crippen LogP contribution >= 0.6 is 0 Å². The van der Waals surface area contributed by atoms with Crippen LogP contribution in [0.1, 0.15) is 47.5 Å². The van der Waals surface area contributed by atoms with Gasteiger partial charge in [0.2, 0.25) is 0 Å². The Hall–Kier alpha value is -0.610. The number of carbonyl (C=O) groups excluding carboxylic acids is 1. The van der Waals surface area contributed by atoms with Gasteiger partial charge in [0, 0.05) is 26.1 Å². The normalized spacial score (nSPS) is 29.8. The molecule has 2 unspecified atom stereocenters. The van der Waals surface area contributed by atoms with Gasteiger partial charge in [-0.25, -0.2) is 0 Å². The summed E-state index contributed by atoms with van der Waals surface area (Å²) in [6.07, 6.45) is 1.70. The van der Waals surface area contributed by atoms with Gasteiger partial charge in [0.25, 0.3) is 0 Å². The summed E-state index contributed by atoms with van der Waals surface area (Å²) >= 11 is 0. The Morgan fingerprint density at radius 3 is 2.38 bits per heavy atom. The molecule has 2 fully saturated rings. The fraction of sp³-hybridized carbons (Fsp3) is 0.941. The third kappa shape index (κ3) is 4.43. The summed E-state index contributed by atoms with van der Waals surface area (Å²) in [5.41, 5.74) is -0.145. The number of rotatable bonds is 4. The van der Waals surface area contributed by atoms with E-state index in [0.29, 0.717) is 18.3 Å². The van der Waals surface area contributed by atoms with E-state index in [1.54, 1.807) is 0 Å². The van der Waals surface area contributed by atoms with Gasteiger partial charge in [0.05, 0.1) is 13.2 Å². The van der Waals surface area contributed by atoms with E-state index in [4.69, 9.17) is 9.47 Å². The maximum Gasteiger partial charge on any atom is 0.306 e. The van der Waals surface area contributed by atoms with Gasteiger partial charge in [0.15, 0.2) is 0 Å². The fourth-order valence-corrected chi connectivity index (χ4v) is 3.46. The zero-order valence-corrected chi connectivity index (χ0v) is 14.3. The van der Waals surface area contributed by atoms with Crippen molar-refractivity contribution in [3.63, 3.8) is 0 Å². The molecule has 0 aromatic rings. The van der Waals surface area contributed by atoms with Crippen LogP contribution in [0.3, 0.4) is 0 Å². The van der Waals surface area contributed by atoms with Crippen molar-refractivity contribution >= 4 is 5.97 Å². The topological polar surface area (TPSA) is 38.8 Å². The standard InChI is InChI=1S/C17H31NO3/c1-16(2,3)21-15(19)11-13-10-14(17(13,4)5)12-18-6-8-20-9-7-18/h13-14H,6-12H2,1-5H3. The molecule has 4 heteroatoms. The highest BCUT2D eigenvalue weighted by atomic mass is 16.6. The summed E-state index contributed by atoms with van der Waals surface area (Å²) in [4.78, 5) is 14.5. The average Bonchev–Trinajstić information content (AvgIpc) is 2.36. The van der Waals surface area contributed by atoms with Crippen LogP contribution in [0.15, 0.2) is 0 Å². The molecule has 2 aliphatic rings. The molecule has 1 aliphatic heterocycles. The molecular formula is C17H31NO3. The molecule has 0 N–H and O–H groups in total. The Morgan fingerprint density at radius 1 is 1.24 bits per heavy atom. The Morgan fingerprint density at radius 2 is 1.86 bits per heavy atom. The van der Waals surface area contributed by atoms with Gasteiger partial charge in [-0.2, -0.15) is 0 Å². The van der Waals surface area contributed by atoms with E-state index in [-0.39, 0.29) is 17.0 Å². The monoisotopic (exact) mass is 297 g/mol. The molecule has 2 rings (SSSR count). The number of nitrogens with zero attached hydrogens (tertiary/aromatic N) is 1. The number of esters is 1. The van der Waals surface area contributed by atoms with Crippen LogP contribution in [0.5, 0.6) is 0 Å². The van der Waals surface area contributed by atoms with Crippen LogP contribution in [-0.2, 0) is 14.3 Å². The molecule has 0 spiro atoms. The van der Waals surface area contributed by atoms with Gasteiger partial charge in [-0.15, -0.1) is 0 Å². The predicted molar refractivity (Wildman–Crippen MR) is 83.1 cm³/mol. The van der Waals surface area contributed by atoms with Crippen LogP contribution in [0.25, 0.3) is 0 Å². The Bertz CT molecular complexity index is 367. The molecule has 0 bridgehead atoms. The van der Waals surface area contributed by atoms with Crippen molar-refractivity contribution < 1.29 is 14.3 Å². The second-order valence-electron chi connectivity index (χ2n) is 8.15. The zero-order valence-electron chi connectivity index (χ0n) is 14.3. The number of ether oxygens (including phenoxy) is 2. The third-order valence-corrected chi connectivity index (χ3v) is 5.09. The summed E-state index contributed by atoms with van der Waals surface area (Å²) in [5, 5.41) is 0. The molecule has 1 heterocycles. The number of hydrogen-bond acceptors (Lipinski definition) is 4. The highest BCUT2D eigenvalue weighted by Gasteiger charge is 2.49. The summed E-state index contributed by atoms with van der Waals surface area (Å²) < 4.78 is 10.9. The molecule has 4 nitrogen and oxygen atoms in total. The van der Waals surface area contributed by atoms with E-state index in [9.17, 15) is 4.79 Å². The molecule has 122 valence electrons. The van der Waals surface area contributed by atoms with Crippen molar-refractivity contribution in [3.05, 3.63) is 0 Å². The summed E-state index contributed by atoms with van der Waals surface area (Å²) in [6.45, 7) is 15.3. The lowest BCUT2D eigenvalue weighted by molar-refractivity contribution is -0.161. The SMILES string of the molecule is CC(C)(C)OC(=O)CC1CC(CN2CCOCC2)C1(C)C. The van der Waals surface area contributed by atoms with Crippen molar-refractivity contribution in [1.82, 2.24) is 4.90 Å². The van der Waals surface area contributed by atoms with E-state index in [1.165, 1.54) is 0 Å². The highest BCUT2D eigenvalue weighted by Crippen LogP contribution is 2.53. The molecule has 2 atom stereocenters. The van der Waals surface area contributed by atoms with Crippen molar-refractivity contribution in [3.8, 4) is 0 Å². The van der Waals surface area contributed by atoms with Gasteiger partial charge in [-0.05, 0) is 44.4 Å². The van der Waals surface area contributed by atoms with Crippen LogP contribution in [0.2, 0.25) is 0 Å². The van der Waals surface area contributed by atoms with Gasteiger partial charge >= 0.3 is 5.97 Å². The smallest absolute Gasteiger partial charge is 0.306 e. The zero-order chi connectivity index (χ0) is 15.7. The maximum atomic E-state index is 12.0. The van der Waals surface area contributed by atoms with Crippen LogP contribution in [-0.4, -0.2) is 49.3 Å². The van der Waals surface area contributed by atoms with E-state index in [2.05, 4.69) is 18.7 Å². The lowest BCUT2D eigenvalue weighted by Crippen LogP contribution is -2.52. The van der Waals surface area contributed by atoms with Crippen molar-refractivity contribution in [2.24, 2.45) is 17.3 Å². The quantitative estimate of drug-likeness (QED) is 0.748. The minimum atomic E-state index is -0.377. The average molecular weight is 297 g/mol. The van der Waals surface area contributed by atoms with Gasteiger partial charge in [-0.3, -0.25) is 9.69 Å². The first-order valence-corrected chi connectivity index (χ1v) is 8.20. The molecule has 1 saturated heterocycles. The van der Waals surface area contributed by atoms with Crippen molar-refractivity contribution in [2.45, 2.75) is 53.1 Å². The highest BCUT2D eigenvalue weighted by molar-refractivity contribution is 5.70. The molecule has 0 aromatic carbocycles. The third-order valence-electron chi connectivity index (χ3n) is 5.09. The number of hydrogen-bond donors (Lipinski definition) is 0. The van der Waals surface area contributed by atoms with Gasteiger partial charge in [-0.1, -0.05) is 13.8 Å².